The summed E-state index contributed by atoms with van der Waals surface area (Å²) >= 11 is 5.95. The van der Waals surface area contributed by atoms with Gasteiger partial charge in [0.25, 0.3) is 0 Å². The maximum atomic E-state index is 11.8. The summed E-state index contributed by atoms with van der Waals surface area (Å²) in [7, 11) is 3.24. The number of anilines is 1. The lowest BCUT2D eigenvalue weighted by Gasteiger charge is -2.19. The predicted octanol–water partition coefficient (Wildman–Crippen LogP) is 1.99. The number of nitrogens with one attached hydrogen (secondary N) is 1. The van der Waals surface area contributed by atoms with E-state index >= 15 is 0 Å². The highest BCUT2D eigenvalue weighted by Gasteiger charge is 2.23. The first kappa shape index (κ1) is 15.5. The number of carboxylic acids is 1. The van der Waals surface area contributed by atoms with Crippen molar-refractivity contribution in [2.24, 2.45) is 0 Å². The van der Waals surface area contributed by atoms with Crippen LogP contribution in [-0.2, 0) is 9.59 Å². The Labute approximate surface area is 117 Å². The van der Waals surface area contributed by atoms with Gasteiger partial charge in [0.2, 0.25) is 5.91 Å². The van der Waals surface area contributed by atoms with E-state index in [1.54, 1.807) is 32.3 Å². The molecule has 0 aromatic heterocycles. The fourth-order valence-corrected chi connectivity index (χ4v) is 1.73. The van der Waals surface area contributed by atoms with Gasteiger partial charge >= 0.3 is 5.97 Å². The number of benzene rings is 1. The smallest absolute Gasteiger partial charge is 0.321 e. The van der Waals surface area contributed by atoms with Crippen molar-refractivity contribution in [2.45, 2.75) is 19.4 Å². The van der Waals surface area contributed by atoms with Crippen molar-refractivity contribution in [2.75, 3.05) is 19.4 Å². The van der Waals surface area contributed by atoms with E-state index in [0.29, 0.717) is 10.7 Å². The molecule has 1 aromatic rings. The van der Waals surface area contributed by atoms with E-state index in [0.717, 1.165) is 5.56 Å². The summed E-state index contributed by atoms with van der Waals surface area (Å²) in [6, 6.07) is 4.31. The molecule has 104 valence electrons. The molecule has 6 heteroatoms. The number of aliphatic carboxylic acids is 1. The van der Waals surface area contributed by atoms with Gasteiger partial charge in [0.1, 0.15) is 6.04 Å². The van der Waals surface area contributed by atoms with Gasteiger partial charge in [-0.1, -0.05) is 17.7 Å². The zero-order valence-electron chi connectivity index (χ0n) is 11.1. The third-order valence-corrected chi connectivity index (χ3v) is 3.15. The minimum Gasteiger partial charge on any atom is -0.480 e. The van der Waals surface area contributed by atoms with E-state index in [1.807, 2.05) is 6.92 Å². The highest BCUT2D eigenvalue weighted by atomic mass is 35.5. The maximum absolute atomic E-state index is 11.8. The minimum atomic E-state index is -1.03. The monoisotopic (exact) mass is 284 g/mol. The topological polar surface area (TPSA) is 69.6 Å². The van der Waals surface area contributed by atoms with Crippen LogP contribution in [0, 0.1) is 6.92 Å². The SMILES string of the molecule is Cc1ccc(NC(=O)CC(C(=O)O)N(C)C)cc1Cl. The Morgan fingerprint density at radius 2 is 2.05 bits per heavy atom. The molecule has 0 spiro atoms. The number of likely N-dealkylation sites (N-methyl/N-ethyl adjacent to an activating group) is 1. The Bertz CT molecular complexity index is 489. The molecule has 19 heavy (non-hydrogen) atoms. The van der Waals surface area contributed by atoms with Crippen LogP contribution in [0.1, 0.15) is 12.0 Å². The molecule has 5 nitrogen and oxygen atoms in total. The summed E-state index contributed by atoms with van der Waals surface area (Å²) in [4.78, 5) is 24.3. The van der Waals surface area contributed by atoms with Crippen LogP contribution < -0.4 is 5.32 Å². The first-order chi connectivity index (χ1) is 8.81. The van der Waals surface area contributed by atoms with E-state index in [1.165, 1.54) is 4.90 Å². The molecule has 0 aliphatic carbocycles. The first-order valence-corrected chi connectivity index (χ1v) is 6.14. The number of amides is 1. The molecule has 0 aliphatic heterocycles. The summed E-state index contributed by atoms with van der Waals surface area (Å²) in [5, 5.41) is 12.2. The van der Waals surface area contributed by atoms with Gasteiger partial charge in [-0.3, -0.25) is 14.5 Å². The van der Waals surface area contributed by atoms with Crippen LogP contribution in [0.25, 0.3) is 0 Å². The second-order valence-corrected chi connectivity index (χ2v) is 4.94. The van der Waals surface area contributed by atoms with Crippen LogP contribution in [-0.4, -0.2) is 42.0 Å². The van der Waals surface area contributed by atoms with E-state index in [-0.39, 0.29) is 12.3 Å². The van der Waals surface area contributed by atoms with Crippen molar-refractivity contribution in [3.63, 3.8) is 0 Å². The highest BCUT2D eigenvalue weighted by molar-refractivity contribution is 6.31. The molecule has 1 aromatic carbocycles. The lowest BCUT2D eigenvalue weighted by Crippen LogP contribution is -2.38. The molecular weight excluding hydrogens is 268 g/mol. The summed E-state index contributed by atoms with van der Waals surface area (Å²) in [6.07, 6.45) is -0.117. The van der Waals surface area contributed by atoms with Crippen LogP contribution in [0.2, 0.25) is 5.02 Å². The standard InChI is InChI=1S/C13H17ClN2O3/c1-8-4-5-9(6-10(8)14)15-12(17)7-11(13(18)19)16(2)3/h4-6,11H,7H2,1-3H3,(H,15,17)(H,18,19). The Morgan fingerprint density at radius 3 is 2.53 bits per heavy atom. The molecule has 0 aliphatic rings. The summed E-state index contributed by atoms with van der Waals surface area (Å²) in [5.74, 6) is -1.39. The van der Waals surface area contributed by atoms with Crippen molar-refractivity contribution in [1.29, 1.82) is 0 Å². The van der Waals surface area contributed by atoms with Crippen LogP contribution in [0.5, 0.6) is 0 Å². The van der Waals surface area contributed by atoms with E-state index in [2.05, 4.69) is 5.32 Å². The zero-order valence-corrected chi connectivity index (χ0v) is 11.9. The molecule has 1 atom stereocenters. The first-order valence-electron chi connectivity index (χ1n) is 5.76. The van der Waals surface area contributed by atoms with Crippen molar-refractivity contribution in [3.8, 4) is 0 Å². The van der Waals surface area contributed by atoms with Crippen molar-refractivity contribution in [1.82, 2.24) is 4.90 Å². The second-order valence-electron chi connectivity index (χ2n) is 4.53. The van der Waals surface area contributed by atoms with Gasteiger partial charge in [0.05, 0.1) is 6.42 Å². The van der Waals surface area contributed by atoms with Crippen LogP contribution in [0.3, 0.4) is 0 Å². The number of hydrogen-bond donors (Lipinski definition) is 2. The summed E-state index contributed by atoms with van der Waals surface area (Å²) in [5.41, 5.74) is 1.47. The van der Waals surface area contributed by atoms with Crippen LogP contribution >= 0.6 is 11.6 Å². The number of carbonyl (C=O) groups is 2. The van der Waals surface area contributed by atoms with E-state index in [9.17, 15) is 9.59 Å². The average molecular weight is 285 g/mol. The van der Waals surface area contributed by atoms with E-state index < -0.39 is 12.0 Å². The average Bonchev–Trinajstić information content (AvgIpc) is 2.30. The number of aryl methyl sites for hydroxylation is 1. The number of carbonyl (C=O) groups excluding carboxylic acids is 1. The summed E-state index contributed by atoms with van der Waals surface area (Å²) in [6.45, 7) is 1.86. The number of hydrogen-bond acceptors (Lipinski definition) is 3. The third kappa shape index (κ3) is 4.54. The normalized spacial score (nSPS) is 12.3. The number of halogens is 1. The summed E-state index contributed by atoms with van der Waals surface area (Å²) < 4.78 is 0. The molecule has 1 amide bonds. The maximum Gasteiger partial charge on any atom is 0.321 e. The number of nitrogens with zero attached hydrogens (tertiary/aromatic N) is 1. The van der Waals surface area contributed by atoms with Crippen molar-refractivity contribution >= 4 is 29.2 Å². The van der Waals surface area contributed by atoms with Gasteiger partial charge in [0.15, 0.2) is 0 Å². The molecule has 0 radical (unpaired) electrons. The van der Waals surface area contributed by atoms with Gasteiger partial charge < -0.3 is 10.4 Å². The van der Waals surface area contributed by atoms with Gasteiger partial charge in [-0.15, -0.1) is 0 Å². The van der Waals surface area contributed by atoms with Crippen LogP contribution in [0.15, 0.2) is 18.2 Å². The lowest BCUT2D eigenvalue weighted by molar-refractivity contribution is -0.144. The highest BCUT2D eigenvalue weighted by Crippen LogP contribution is 2.20. The molecule has 1 rings (SSSR count). The Kier molecular flexibility index (Phi) is 5.32. The molecule has 0 bridgehead atoms. The minimum absolute atomic E-state index is 0.117. The van der Waals surface area contributed by atoms with Crippen LogP contribution in [0.4, 0.5) is 5.69 Å². The Morgan fingerprint density at radius 1 is 1.42 bits per heavy atom. The fourth-order valence-electron chi connectivity index (χ4n) is 1.55. The third-order valence-electron chi connectivity index (χ3n) is 2.74. The van der Waals surface area contributed by atoms with Gasteiger partial charge in [-0.2, -0.15) is 0 Å². The molecular formula is C13H17ClN2O3. The van der Waals surface area contributed by atoms with Gasteiger partial charge in [-0.25, -0.2) is 0 Å². The van der Waals surface area contributed by atoms with Gasteiger partial charge in [0, 0.05) is 10.7 Å². The predicted molar refractivity (Wildman–Crippen MR) is 74.5 cm³/mol. The van der Waals surface area contributed by atoms with E-state index in [4.69, 9.17) is 16.7 Å². The van der Waals surface area contributed by atoms with Crippen molar-refractivity contribution < 1.29 is 14.7 Å². The Balaban J connectivity index is 2.69. The molecule has 0 saturated carbocycles. The lowest BCUT2D eigenvalue weighted by atomic mass is 10.1. The largest absolute Gasteiger partial charge is 0.480 e. The quantitative estimate of drug-likeness (QED) is 0.867. The molecule has 1 unspecified atom stereocenters. The molecule has 0 fully saturated rings. The Hall–Kier alpha value is -1.59. The van der Waals surface area contributed by atoms with Gasteiger partial charge in [-0.05, 0) is 38.7 Å². The zero-order chi connectivity index (χ0) is 14.6. The number of rotatable bonds is 5. The second kappa shape index (κ2) is 6.54. The fraction of sp³-hybridized carbons (Fsp3) is 0.385. The molecule has 2 N–H and O–H groups in total. The molecule has 0 heterocycles. The molecule has 0 saturated heterocycles. The van der Waals surface area contributed by atoms with Crippen molar-refractivity contribution in [3.05, 3.63) is 28.8 Å². The number of carboxylic acid groups (broad SMARTS) is 1.